The monoisotopic (exact) mass is 570 g/mol. The van der Waals surface area contributed by atoms with E-state index in [1.807, 2.05) is 62.4 Å². The van der Waals surface area contributed by atoms with Crippen molar-refractivity contribution < 1.29 is 28.7 Å². The molecule has 42 heavy (non-hydrogen) atoms. The molecule has 220 valence electrons. The number of fused-ring (bicyclic) bond motifs is 1. The maximum absolute atomic E-state index is 13.2. The highest BCUT2D eigenvalue weighted by Gasteiger charge is 2.37. The van der Waals surface area contributed by atoms with E-state index in [-0.39, 0.29) is 35.1 Å². The van der Waals surface area contributed by atoms with E-state index in [0.717, 1.165) is 11.1 Å². The number of nitrogens with zero attached hydrogens (tertiary/aromatic N) is 2. The number of ketones is 2. The number of carbonyl (C=O) groups is 2. The summed E-state index contributed by atoms with van der Waals surface area (Å²) in [4.78, 5) is 31.2. The van der Waals surface area contributed by atoms with Crippen LogP contribution in [0.3, 0.4) is 0 Å². The third-order valence-corrected chi connectivity index (χ3v) is 8.14. The average Bonchev–Trinajstić information content (AvgIpc) is 3.39. The molecule has 1 fully saturated rings. The van der Waals surface area contributed by atoms with Crippen LogP contribution < -0.4 is 9.47 Å². The zero-order valence-corrected chi connectivity index (χ0v) is 24.7. The lowest BCUT2D eigenvalue weighted by Crippen LogP contribution is -2.33. The summed E-state index contributed by atoms with van der Waals surface area (Å²) in [6.45, 7) is 4.54. The van der Waals surface area contributed by atoms with Crippen molar-refractivity contribution in [1.82, 2.24) is 5.16 Å². The molecule has 2 aromatic carbocycles. The maximum atomic E-state index is 13.2. The lowest BCUT2D eigenvalue weighted by Gasteiger charge is -2.31. The molecule has 1 saturated carbocycles. The minimum absolute atomic E-state index is 0.00130. The highest BCUT2D eigenvalue weighted by molar-refractivity contribution is 6.24. The number of aromatic nitrogens is 1. The smallest absolute Gasteiger partial charge is 0.168 e. The third-order valence-electron chi connectivity index (χ3n) is 8.14. The molecule has 1 atom stereocenters. The van der Waals surface area contributed by atoms with Gasteiger partial charge in [0.25, 0.3) is 0 Å². The van der Waals surface area contributed by atoms with E-state index in [0.29, 0.717) is 84.9 Å². The van der Waals surface area contributed by atoms with E-state index >= 15 is 0 Å². The second kappa shape index (κ2) is 12.3. The molecule has 0 aliphatic heterocycles. The van der Waals surface area contributed by atoms with Gasteiger partial charge in [0.1, 0.15) is 11.5 Å². The van der Waals surface area contributed by atoms with Crippen molar-refractivity contribution in [2.45, 2.75) is 64.7 Å². The molecule has 2 aliphatic carbocycles. The van der Waals surface area contributed by atoms with E-state index in [4.69, 9.17) is 19.0 Å². The van der Waals surface area contributed by atoms with Crippen LogP contribution in [0.5, 0.6) is 11.5 Å². The number of hydrogen-bond acceptors (Lipinski definition) is 8. The number of carbonyl (C=O) groups excluding carboxylic acids is 2. The molecule has 1 unspecified atom stereocenters. The van der Waals surface area contributed by atoms with Crippen molar-refractivity contribution in [3.05, 3.63) is 88.0 Å². The number of hydrogen-bond donors (Lipinski definition) is 1. The summed E-state index contributed by atoms with van der Waals surface area (Å²) in [5.74, 6) is 1.84. The first-order chi connectivity index (χ1) is 20.2. The lowest BCUT2D eigenvalue weighted by atomic mass is 9.73. The zero-order chi connectivity index (χ0) is 29.9. The van der Waals surface area contributed by atoms with Gasteiger partial charge in [-0.05, 0) is 47.4 Å². The van der Waals surface area contributed by atoms with Crippen molar-refractivity contribution in [3.8, 4) is 11.5 Å². The lowest BCUT2D eigenvalue weighted by molar-refractivity contribution is -0.117. The fraction of sp³-hybridized carbons (Fsp3) is 0.412. The van der Waals surface area contributed by atoms with E-state index in [2.05, 4.69) is 5.16 Å². The van der Waals surface area contributed by atoms with Crippen LogP contribution in [0.15, 0.2) is 69.4 Å². The molecule has 5 rings (SSSR count). The topological polar surface area (TPSA) is 111 Å². The van der Waals surface area contributed by atoms with Gasteiger partial charge in [-0.1, -0.05) is 55.4 Å². The number of ether oxygens (including phenoxy) is 2. The zero-order valence-electron chi connectivity index (χ0n) is 24.7. The van der Waals surface area contributed by atoms with Gasteiger partial charge in [0.2, 0.25) is 0 Å². The Labute approximate surface area is 246 Å². The highest BCUT2D eigenvalue weighted by atomic mass is 16.5. The van der Waals surface area contributed by atoms with Crippen molar-refractivity contribution in [2.75, 3.05) is 20.8 Å². The number of aliphatic hydroxyl groups excluding tert-OH is 1. The molecule has 8 heteroatoms. The number of Topliss-reactive ketones (excluding diaryl/α,β-unsaturated/α-hetero) is 2. The Balaban J connectivity index is 1.32. The number of aliphatic hydroxyl groups is 1. The second-order valence-electron chi connectivity index (χ2n) is 11.9. The first-order valence-corrected chi connectivity index (χ1v) is 14.4. The quantitative estimate of drug-likeness (QED) is 0.233. The molecular weight excluding hydrogens is 532 g/mol. The van der Waals surface area contributed by atoms with Gasteiger partial charge in [-0.2, -0.15) is 0 Å². The largest absolute Gasteiger partial charge is 0.511 e. The van der Waals surface area contributed by atoms with Gasteiger partial charge in [-0.3, -0.25) is 14.6 Å². The normalized spacial score (nSPS) is 20.4. The van der Waals surface area contributed by atoms with Crippen LogP contribution >= 0.6 is 0 Å². The van der Waals surface area contributed by atoms with Crippen molar-refractivity contribution in [3.63, 3.8) is 0 Å². The summed E-state index contributed by atoms with van der Waals surface area (Å²) in [6.07, 6.45) is 3.03. The van der Waals surface area contributed by atoms with Gasteiger partial charge in [0.05, 0.1) is 31.1 Å². The van der Waals surface area contributed by atoms with Crippen LogP contribution in [-0.2, 0) is 24.1 Å². The number of aryl methyl sites for hydroxylation is 1. The Bertz CT molecular complexity index is 1530. The summed E-state index contributed by atoms with van der Waals surface area (Å²) in [5.41, 5.74) is 3.86. The predicted octanol–water partition coefficient (Wildman–Crippen LogP) is 6.42. The van der Waals surface area contributed by atoms with Gasteiger partial charge >= 0.3 is 0 Å². The number of methoxy groups -OCH3 is 2. The molecule has 1 heterocycles. The molecule has 1 N–H and O–H groups in total. The Morgan fingerprint density at radius 3 is 2.50 bits per heavy atom. The molecule has 3 aromatic rings. The second-order valence-corrected chi connectivity index (χ2v) is 11.9. The third kappa shape index (κ3) is 6.32. The van der Waals surface area contributed by atoms with Crippen molar-refractivity contribution in [2.24, 2.45) is 10.4 Å². The van der Waals surface area contributed by atoms with Crippen LogP contribution in [-0.4, -0.2) is 48.3 Å². The first kappa shape index (κ1) is 29.3. The summed E-state index contributed by atoms with van der Waals surface area (Å²) < 4.78 is 16.3. The Hall–Kier alpha value is -4.20. The standard InChI is InChI=1S/C34H38N2O6/c1-34(2)19-25(35-15-14-21-10-13-29(40-3)30(16-21)41-4)32(28(39)20-34)26(37)12-11-24-33-27(38)17-23(18-31(33)42-36-24)22-8-6-5-7-9-22/h5-10,13,16,23,37H,11-12,14-15,17-20H2,1-4H3/b32-26-,35-25?. The number of allylic oxidation sites excluding steroid dienone is 2. The average molecular weight is 571 g/mol. The molecule has 2 aliphatic rings. The van der Waals surface area contributed by atoms with Gasteiger partial charge in [0.15, 0.2) is 23.1 Å². The SMILES string of the molecule is COc1ccc(CCN=C2CC(C)(C)CC(=O)/C2=C(\O)CCc2noc3c2C(=O)CC(c2ccccc2)C3)cc1OC. The Morgan fingerprint density at radius 2 is 1.76 bits per heavy atom. The predicted molar refractivity (Wildman–Crippen MR) is 160 cm³/mol. The number of aliphatic imine (C=N–C) groups is 1. The summed E-state index contributed by atoms with van der Waals surface area (Å²) >= 11 is 0. The molecule has 0 spiro atoms. The van der Waals surface area contributed by atoms with Crippen LogP contribution in [0.1, 0.15) is 78.4 Å². The van der Waals surface area contributed by atoms with Crippen molar-refractivity contribution >= 4 is 17.3 Å². The van der Waals surface area contributed by atoms with E-state index < -0.39 is 0 Å². The molecule has 8 nitrogen and oxygen atoms in total. The maximum Gasteiger partial charge on any atom is 0.168 e. The summed E-state index contributed by atoms with van der Waals surface area (Å²) in [6, 6.07) is 15.7. The molecule has 1 aromatic heterocycles. The van der Waals surface area contributed by atoms with Gasteiger partial charge < -0.3 is 19.1 Å². The molecule has 0 bridgehead atoms. The molecule has 0 saturated heterocycles. The van der Waals surface area contributed by atoms with Crippen molar-refractivity contribution in [1.29, 1.82) is 0 Å². The van der Waals surface area contributed by atoms with E-state index in [9.17, 15) is 14.7 Å². The fourth-order valence-corrected chi connectivity index (χ4v) is 6.04. The van der Waals surface area contributed by atoms with Crippen LogP contribution in [0, 0.1) is 5.41 Å². The van der Waals surface area contributed by atoms with Gasteiger partial charge in [-0.15, -0.1) is 0 Å². The summed E-state index contributed by atoms with van der Waals surface area (Å²) in [7, 11) is 3.20. The summed E-state index contributed by atoms with van der Waals surface area (Å²) in [5, 5.41) is 15.4. The first-order valence-electron chi connectivity index (χ1n) is 14.4. The number of rotatable bonds is 9. The van der Waals surface area contributed by atoms with Crippen LogP contribution in [0.2, 0.25) is 0 Å². The minimum atomic E-state index is -0.254. The molecular formula is C34H38N2O6. The van der Waals surface area contributed by atoms with E-state index in [1.165, 1.54) is 0 Å². The fourth-order valence-electron chi connectivity index (χ4n) is 6.04. The highest BCUT2D eigenvalue weighted by Crippen LogP contribution is 2.37. The molecule has 0 amide bonds. The van der Waals surface area contributed by atoms with Crippen LogP contribution in [0.4, 0.5) is 0 Å². The van der Waals surface area contributed by atoms with Crippen LogP contribution in [0.25, 0.3) is 0 Å². The minimum Gasteiger partial charge on any atom is -0.511 e. The Morgan fingerprint density at radius 1 is 1.00 bits per heavy atom. The molecule has 0 radical (unpaired) electrons. The van der Waals surface area contributed by atoms with Gasteiger partial charge in [0, 0.05) is 44.4 Å². The van der Waals surface area contributed by atoms with E-state index in [1.54, 1.807) is 14.2 Å². The number of benzene rings is 2. The Kier molecular flexibility index (Phi) is 8.61. The van der Waals surface area contributed by atoms with Gasteiger partial charge in [-0.25, -0.2) is 0 Å².